The van der Waals surface area contributed by atoms with Crippen LogP contribution in [0.25, 0.3) is 0 Å². The van der Waals surface area contributed by atoms with E-state index in [1.165, 1.54) is 0 Å². The lowest BCUT2D eigenvalue weighted by Gasteiger charge is -2.20. The third-order valence-electron chi connectivity index (χ3n) is 2.69. The molecule has 0 saturated carbocycles. The second kappa shape index (κ2) is 9.37. The van der Waals surface area contributed by atoms with Crippen molar-refractivity contribution in [2.45, 2.75) is 45.8 Å². The molecule has 0 aliphatic carbocycles. The SMILES string of the molecule is CCCCOC(OCCCC)c1ccccc1Cl. The van der Waals surface area contributed by atoms with Gasteiger partial charge in [0.05, 0.1) is 13.2 Å². The molecule has 0 aliphatic rings. The minimum atomic E-state index is -0.336. The maximum atomic E-state index is 6.18. The zero-order chi connectivity index (χ0) is 13.2. The minimum Gasteiger partial charge on any atom is -0.348 e. The van der Waals surface area contributed by atoms with Gasteiger partial charge in [0.2, 0.25) is 0 Å². The van der Waals surface area contributed by atoms with E-state index >= 15 is 0 Å². The van der Waals surface area contributed by atoms with Crippen LogP contribution in [0.3, 0.4) is 0 Å². The van der Waals surface area contributed by atoms with Crippen LogP contribution in [-0.2, 0) is 9.47 Å². The number of ether oxygens (including phenoxy) is 2. The van der Waals surface area contributed by atoms with Gasteiger partial charge in [-0.3, -0.25) is 0 Å². The van der Waals surface area contributed by atoms with Gasteiger partial charge in [0, 0.05) is 10.6 Å². The number of rotatable bonds is 9. The lowest BCUT2D eigenvalue weighted by atomic mass is 10.2. The summed E-state index contributed by atoms with van der Waals surface area (Å²) >= 11 is 6.18. The lowest BCUT2D eigenvalue weighted by molar-refractivity contribution is -0.148. The molecule has 0 saturated heterocycles. The van der Waals surface area contributed by atoms with E-state index in [-0.39, 0.29) is 6.29 Å². The molecule has 0 fully saturated rings. The molecule has 2 nitrogen and oxygen atoms in total. The topological polar surface area (TPSA) is 18.5 Å². The molecule has 0 heterocycles. The van der Waals surface area contributed by atoms with E-state index in [0.717, 1.165) is 31.2 Å². The van der Waals surface area contributed by atoms with Gasteiger partial charge >= 0.3 is 0 Å². The molecule has 1 aromatic carbocycles. The van der Waals surface area contributed by atoms with E-state index < -0.39 is 0 Å². The summed E-state index contributed by atoms with van der Waals surface area (Å²) in [6.45, 7) is 5.70. The van der Waals surface area contributed by atoms with Gasteiger partial charge < -0.3 is 9.47 Å². The molecule has 0 bridgehead atoms. The Morgan fingerprint density at radius 2 is 1.56 bits per heavy atom. The Balaban J connectivity index is 2.60. The Bertz CT molecular complexity index is 318. The van der Waals surface area contributed by atoms with E-state index in [2.05, 4.69) is 13.8 Å². The highest BCUT2D eigenvalue weighted by Gasteiger charge is 2.15. The first-order valence-electron chi connectivity index (χ1n) is 6.77. The maximum absolute atomic E-state index is 6.18. The van der Waals surface area contributed by atoms with Gasteiger partial charge in [-0.05, 0) is 18.9 Å². The monoisotopic (exact) mass is 270 g/mol. The van der Waals surface area contributed by atoms with E-state index in [0.29, 0.717) is 18.2 Å². The van der Waals surface area contributed by atoms with Crippen molar-refractivity contribution in [3.63, 3.8) is 0 Å². The summed E-state index contributed by atoms with van der Waals surface area (Å²) in [6, 6.07) is 7.71. The van der Waals surface area contributed by atoms with E-state index in [4.69, 9.17) is 21.1 Å². The van der Waals surface area contributed by atoms with Crippen molar-refractivity contribution in [3.8, 4) is 0 Å². The molecule has 18 heavy (non-hydrogen) atoms. The van der Waals surface area contributed by atoms with Crippen LogP contribution in [0.1, 0.15) is 51.4 Å². The van der Waals surface area contributed by atoms with Crippen LogP contribution in [0.5, 0.6) is 0 Å². The van der Waals surface area contributed by atoms with Crippen molar-refractivity contribution in [1.82, 2.24) is 0 Å². The van der Waals surface area contributed by atoms with Crippen molar-refractivity contribution >= 4 is 11.6 Å². The molecule has 0 amide bonds. The molecule has 1 rings (SSSR count). The molecule has 0 unspecified atom stereocenters. The number of hydrogen-bond acceptors (Lipinski definition) is 2. The van der Waals surface area contributed by atoms with Crippen LogP contribution in [-0.4, -0.2) is 13.2 Å². The molecule has 0 spiro atoms. The first-order chi connectivity index (χ1) is 8.79. The fraction of sp³-hybridized carbons (Fsp3) is 0.600. The zero-order valence-corrected chi connectivity index (χ0v) is 12.1. The van der Waals surface area contributed by atoms with Crippen molar-refractivity contribution < 1.29 is 9.47 Å². The summed E-state index contributed by atoms with van der Waals surface area (Å²) in [6.07, 6.45) is 3.97. The molecular weight excluding hydrogens is 248 g/mol. The second-order valence-electron chi connectivity index (χ2n) is 4.30. The fourth-order valence-electron chi connectivity index (χ4n) is 1.56. The summed E-state index contributed by atoms with van der Waals surface area (Å²) < 4.78 is 11.6. The summed E-state index contributed by atoms with van der Waals surface area (Å²) in [5.74, 6) is 0. The highest BCUT2D eigenvalue weighted by Crippen LogP contribution is 2.26. The maximum Gasteiger partial charge on any atom is 0.185 e. The highest BCUT2D eigenvalue weighted by atomic mass is 35.5. The quantitative estimate of drug-likeness (QED) is 0.466. The lowest BCUT2D eigenvalue weighted by Crippen LogP contribution is -2.11. The molecule has 0 aliphatic heterocycles. The number of benzene rings is 1. The molecule has 0 aromatic heterocycles. The Labute approximate surface area is 115 Å². The standard InChI is InChI=1S/C15H23ClO2/c1-3-5-11-17-15(18-12-6-4-2)13-9-7-8-10-14(13)16/h7-10,15H,3-6,11-12H2,1-2H3. The molecule has 3 heteroatoms. The van der Waals surface area contributed by atoms with Gasteiger partial charge in [0.15, 0.2) is 6.29 Å². The van der Waals surface area contributed by atoms with Crippen molar-refractivity contribution in [2.24, 2.45) is 0 Å². The number of hydrogen-bond donors (Lipinski definition) is 0. The minimum absolute atomic E-state index is 0.336. The van der Waals surface area contributed by atoms with Crippen LogP contribution in [0, 0.1) is 0 Å². The molecule has 0 atom stereocenters. The van der Waals surface area contributed by atoms with Gasteiger partial charge in [0.1, 0.15) is 0 Å². The molecule has 0 N–H and O–H groups in total. The fourth-order valence-corrected chi connectivity index (χ4v) is 1.79. The Morgan fingerprint density at radius 3 is 2.06 bits per heavy atom. The van der Waals surface area contributed by atoms with Gasteiger partial charge in [-0.1, -0.05) is 56.5 Å². The summed E-state index contributed by atoms with van der Waals surface area (Å²) in [4.78, 5) is 0. The Hall–Kier alpha value is -0.570. The van der Waals surface area contributed by atoms with Crippen LogP contribution in [0.2, 0.25) is 5.02 Å². The smallest absolute Gasteiger partial charge is 0.185 e. The van der Waals surface area contributed by atoms with Crippen LogP contribution >= 0.6 is 11.6 Å². The summed E-state index contributed by atoms with van der Waals surface area (Å²) in [5.41, 5.74) is 0.923. The first-order valence-corrected chi connectivity index (χ1v) is 7.15. The average Bonchev–Trinajstić information content (AvgIpc) is 2.38. The third kappa shape index (κ3) is 5.38. The predicted octanol–water partition coefficient (Wildman–Crippen LogP) is 4.97. The van der Waals surface area contributed by atoms with Gasteiger partial charge in [0.25, 0.3) is 0 Å². The molecule has 0 radical (unpaired) electrons. The average molecular weight is 271 g/mol. The van der Waals surface area contributed by atoms with Gasteiger partial charge in [-0.25, -0.2) is 0 Å². The van der Waals surface area contributed by atoms with E-state index in [1.807, 2.05) is 24.3 Å². The Kier molecular flexibility index (Phi) is 8.06. The first kappa shape index (κ1) is 15.5. The predicted molar refractivity (Wildman–Crippen MR) is 75.9 cm³/mol. The van der Waals surface area contributed by atoms with Gasteiger partial charge in [-0.15, -0.1) is 0 Å². The zero-order valence-electron chi connectivity index (χ0n) is 11.3. The summed E-state index contributed by atoms with van der Waals surface area (Å²) in [7, 11) is 0. The molecule has 1 aromatic rings. The van der Waals surface area contributed by atoms with Crippen LogP contribution < -0.4 is 0 Å². The largest absolute Gasteiger partial charge is 0.348 e. The Morgan fingerprint density at radius 1 is 1.00 bits per heavy atom. The molecule has 102 valence electrons. The summed E-state index contributed by atoms with van der Waals surface area (Å²) in [5, 5.41) is 0.704. The number of halogens is 1. The van der Waals surface area contributed by atoms with Gasteiger partial charge in [-0.2, -0.15) is 0 Å². The van der Waals surface area contributed by atoms with E-state index in [1.54, 1.807) is 0 Å². The van der Waals surface area contributed by atoms with Crippen molar-refractivity contribution in [2.75, 3.05) is 13.2 Å². The second-order valence-corrected chi connectivity index (χ2v) is 4.71. The van der Waals surface area contributed by atoms with E-state index in [9.17, 15) is 0 Å². The van der Waals surface area contributed by atoms with Crippen LogP contribution in [0.15, 0.2) is 24.3 Å². The number of unbranched alkanes of at least 4 members (excludes halogenated alkanes) is 2. The van der Waals surface area contributed by atoms with Crippen molar-refractivity contribution in [1.29, 1.82) is 0 Å². The normalized spacial score (nSPS) is 11.1. The third-order valence-corrected chi connectivity index (χ3v) is 3.04. The highest BCUT2D eigenvalue weighted by molar-refractivity contribution is 6.31. The van der Waals surface area contributed by atoms with Crippen LogP contribution in [0.4, 0.5) is 0 Å². The molecular formula is C15H23ClO2. The van der Waals surface area contributed by atoms with Crippen molar-refractivity contribution in [3.05, 3.63) is 34.9 Å².